The van der Waals surface area contributed by atoms with Crippen molar-refractivity contribution in [1.29, 1.82) is 0 Å². The summed E-state index contributed by atoms with van der Waals surface area (Å²) >= 11 is 0. The summed E-state index contributed by atoms with van der Waals surface area (Å²) in [6.45, 7) is 11.2. The van der Waals surface area contributed by atoms with Crippen LogP contribution in [-0.4, -0.2) is 48.2 Å². The Morgan fingerprint density at radius 2 is 1.56 bits per heavy atom. The van der Waals surface area contributed by atoms with Gasteiger partial charge in [0.05, 0.1) is 0 Å². The molecule has 3 fully saturated rings. The van der Waals surface area contributed by atoms with Gasteiger partial charge < -0.3 is 29.0 Å². The molecule has 5 atom stereocenters. The number of anilines is 1. The predicted molar refractivity (Wildman–Crippen MR) is 97.1 cm³/mol. The zero-order valence-electron chi connectivity index (χ0n) is 16.6. The lowest BCUT2D eigenvalue weighted by Gasteiger charge is -2.36. The Labute approximate surface area is 159 Å². The molecule has 27 heavy (non-hydrogen) atoms. The Kier molecular flexibility index (Phi) is 4.36. The summed E-state index contributed by atoms with van der Waals surface area (Å²) < 4.78 is 29.8. The number of carbonyl (C=O) groups excluding carboxylic acids is 1. The van der Waals surface area contributed by atoms with Gasteiger partial charge in [-0.2, -0.15) is 0 Å². The molecule has 0 spiro atoms. The fourth-order valence-electron chi connectivity index (χ4n) is 3.90. The second-order valence-electron chi connectivity index (χ2n) is 8.40. The Morgan fingerprint density at radius 3 is 2.30 bits per heavy atom. The highest BCUT2D eigenvalue weighted by atomic mass is 16.9. The first-order chi connectivity index (χ1) is 12.5. The van der Waals surface area contributed by atoms with Gasteiger partial charge in [0, 0.05) is 5.69 Å². The molecule has 3 saturated heterocycles. The van der Waals surface area contributed by atoms with E-state index in [0.29, 0.717) is 0 Å². The van der Waals surface area contributed by atoms with Gasteiger partial charge in [-0.25, -0.2) is 0 Å². The molecule has 0 unspecified atom stereocenters. The number of hydrogen-bond donors (Lipinski definition) is 1. The summed E-state index contributed by atoms with van der Waals surface area (Å²) in [4.78, 5) is 13.1. The number of fused-ring (bicyclic) bond motifs is 3. The van der Waals surface area contributed by atoms with Crippen LogP contribution in [0.25, 0.3) is 0 Å². The number of nitrogens with one attached hydrogen (secondary N) is 1. The van der Waals surface area contributed by atoms with Crippen LogP contribution < -0.4 is 5.32 Å². The molecule has 7 nitrogen and oxygen atoms in total. The van der Waals surface area contributed by atoms with E-state index in [1.54, 1.807) is 0 Å². The number of amides is 1. The van der Waals surface area contributed by atoms with Crippen molar-refractivity contribution >= 4 is 11.6 Å². The van der Waals surface area contributed by atoms with Crippen molar-refractivity contribution in [1.82, 2.24) is 0 Å². The molecule has 3 heterocycles. The molecule has 148 valence electrons. The summed E-state index contributed by atoms with van der Waals surface area (Å²) in [6.07, 6.45) is -3.03. The van der Waals surface area contributed by atoms with Crippen LogP contribution in [0.1, 0.15) is 38.8 Å². The molecular formula is C20H27NO6. The Balaban J connectivity index is 1.60. The van der Waals surface area contributed by atoms with E-state index in [9.17, 15) is 4.79 Å². The van der Waals surface area contributed by atoms with Crippen LogP contribution in [0.3, 0.4) is 0 Å². The second-order valence-corrected chi connectivity index (χ2v) is 8.40. The van der Waals surface area contributed by atoms with Crippen molar-refractivity contribution in [3.8, 4) is 0 Å². The molecule has 0 bridgehead atoms. The summed E-state index contributed by atoms with van der Waals surface area (Å²) in [5, 5.41) is 2.97. The lowest BCUT2D eigenvalue weighted by molar-refractivity contribution is -0.229. The summed E-state index contributed by atoms with van der Waals surface area (Å²) in [5.41, 5.74) is 2.79. The van der Waals surface area contributed by atoms with Crippen molar-refractivity contribution in [3.63, 3.8) is 0 Å². The minimum atomic E-state index is -0.865. The van der Waals surface area contributed by atoms with Crippen LogP contribution in [0.4, 0.5) is 5.69 Å². The SMILES string of the molecule is Cc1ccc(C)c(NC(=O)[C@@H]2O[C@@H]3OC(C)(C)O[C@@H]3[C@@H]3OC(C)(C)O[C@@H]32)c1. The summed E-state index contributed by atoms with van der Waals surface area (Å²) in [5.74, 6) is -1.93. The molecule has 1 amide bonds. The van der Waals surface area contributed by atoms with Gasteiger partial charge in [0.25, 0.3) is 5.91 Å². The minimum absolute atomic E-state index is 0.285. The van der Waals surface area contributed by atoms with Crippen molar-refractivity contribution in [3.05, 3.63) is 29.3 Å². The topological polar surface area (TPSA) is 75.3 Å². The highest BCUT2D eigenvalue weighted by Gasteiger charge is 2.62. The first-order valence-electron chi connectivity index (χ1n) is 9.29. The van der Waals surface area contributed by atoms with Crippen LogP contribution in [0.15, 0.2) is 18.2 Å². The molecule has 3 aliphatic heterocycles. The number of carbonyl (C=O) groups is 1. The molecule has 7 heteroatoms. The standard InChI is InChI=1S/C20H27NO6/c1-10-7-8-11(2)12(9-10)21-17(22)15-13-14(25-19(3,4)24-13)16-18(23-15)27-20(5,6)26-16/h7-9,13-16,18H,1-6H3,(H,21,22)/t13-,14+,15+,16+,18+/m0/s1. The van der Waals surface area contributed by atoms with E-state index in [0.717, 1.165) is 16.8 Å². The van der Waals surface area contributed by atoms with E-state index in [4.69, 9.17) is 23.7 Å². The first kappa shape index (κ1) is 18.8. The van der Waals surface area contributed by atoms with Gasteiger partial charge in [-0.3, -0.25) is 4.79 Å². The van der Waals surface area contributed by atoms with Gasteiger partial charge in [0.2, 0.25) is 0 Å². The van der Waals surface area contributed by atoms with Crippen molar-refractivity contribution in [2.75, 3.05) is 5.32 Å². The molecule has 0 saturated carbocycles. The lowest BCUT2D eigenvalue weighted by atomic mass is 9.98. The zero-order chi connectivity index (χ0) is 19.6. The van der Waals surface area contributed by atoms with Crippen molar-refractivity contribution < 1.29 is 28.5 Å². The van der Waals surface area contributed by atoms with Crippen LogP contribution >= 0.6 is 0 Å². The van der Waals surface area contributed by atoms with Crippen LogP contribution in [0.2, 0.25) is 0 Å². The molecule has 1 N–H and O–H groups in total. The fraction of sp³-hybridized carbons (Fsp3) is 0.650. The van der Waals surface area contributed by atoms with E-state index in [1.807, 2.05) is 59.7 Å². The molecule has 0 radical (unpaired) electrons. The Hall–Kier alpha value is -1.51. The molecular weight excluding hydrogens is 350 g/mol. The average molecular weight is 377 g/mol. The predicted octanol–water partition coefficient (Wildman–Crippen LogP) is 2.64. The van der Waals surface area contributed by atoms with Crippen molar-refractivity contribution in [2.24, 2.45) is 0 Å². The molecule has 1 aromatic rings. The van der Waals surface area contributed by atoms with Crippen LogP contribution in [-0.2, 0) is 28.5 Å². The van der Waals surface area contributed by atoms with E-state index >= 15 is 0 Å². The normalized spacial score (nSPS) is 36.1. The quantitative estimate of drug-likeness (QED) is 0.854. The van der Waals surface area contributed by atoms with E-state index in [2.05, 4.69) is 5.32 Å². The van der Waals surface area contributed by atoms with Gasteiger partial charge in [0.15, 0.2) is 24.0 Å². The maximum atomic E-state index is 13.1. The van der Waals surface area contributed by atoms with E-state index < -0.39 is 42.3 Å². The number of aryl methyl sites for hydroxylation is 2. The third-order valence-corrected chi connectivity index (χ3v) is 5.06. The highest BCUT2D eigenvalue weighted by molar-refractivity contribution is 5.95. The number of benzene rings is 1. The molecule has 0 aromatic heterocycles. The van der Waals surface area contributed by atoms with Gasteiger partial charge in [-0.1, -0.05) is 12.1 Å². The molecule has 1 aromatic carbocycles. The van der Waals surface area contributed by atoms with Crippen LogP contribution in [0.5, 0.6) is 0 Å². The number of ether oxygens (including phenoxy) is 5. The number of hydrogen-bond acceptors (Lipinski definition) is 6. The van der Waals surface area contributed by atoms with Gasteiger partial charge in [-0.05, 0) is 58.7 Å². The van der Waals surface area contributed by atoms with E-state index in [-0.39, 0.29) is 5.91 Å². The zero-order valence-corrected chi connectivity index (χ0v) is 16.6. The second kappa shape index (κ2) is 6.25. The monoisotopic (exact) mass is 377 g/mol. The maximum absolute atomic E-state index is 13.1. The Bertz CT molecular complexity index is 761. The van der Waals surface area contributed by atoms with Gasteiger partial charge in [0.1, 0.15) is 18.3 Å². The van der Waals surface area contributed by atoms with Gasteiger partial charge >= 0.3 is 0 Å². The third-order valence-electron chi connectivity index (χ3n) is 5.06. The maximum Gasteiger partial charge on any atom is 0.256 e. The minimum Gasteiger partial charge on any atom is -0.342 e. The van der Waals surface area contributed by atoms with Gasteiger partial charge in [-0.15, -0.1) is 0 Å². The first-order valence-corrected chi connectivity index (χ1v) is 9.29. The van der Waals surface area contributed by atoms with Crippen molar-refractivity contribution in [2.45, 2.75) is 83.8 Å². The smallest absolute Gasteiger partial charge is 0.256 e. The molecule has 3 aliphatic rings. The summed E-state index contributed by atoms with van der Waals surface area (Å²) in [6, 6.07) is 5.91. The molecule has 4 rings (SSSR count). The lowest BCUT2D eigenvalue weighted by Crippen LogP contribution is -2.58. The van der Waals surface area contributed by atoms with Crippen LogP contribution in [0, 0.1) is 13.8 Å². The molecule has 0 aliphatic carbocycles. The fourth-order valence-corrected chi connectivity index (χ4v) is 3.90. The Morgan fingerprint density at radius 1 is 0.926 bits per heavy atom. The third kappa shape index (κ3) is 3.50. The summed E-state index contributed by atoms with van der Waals surface area (Å²) in [7, 11) is 0. The highest BCUT2D eigenvalue weighted by Crippen LogP contribution is 2.44. The average Bonchev–Trinajstić information content (AvgIpc) is 3.04. The number of rotatable bonds is 2. The largest absolute Gasteiger partial charge is 0.342 e. The van der Waals surface area contributed by atoms with E-state index in [1.165, 1.54) is 0 Å².